The van der Waals surface area contributed by atoms with E-state index in [-0.39, 0.29) is 10.9 Å². The van der Waals surface area contributed by atoms with Gasteiger partial charge in [-0.05, 0) is 42.6 Å². The Hall–Kier alpha value is -2.15. The number of rotatable bonds is 4. The van der Waals surface area contributed by atoms with E-state index in [9.17, 15) is 8.42 Å². The van der Waals surface area contributed by atoms with E-state index in [1.54, 1.807) is 18.2 Å². The third-order valence-corrected chi connectivity index (χ3v) is 6.55. The molecule has 0 fully saturated rings. The summed E-state index contributed by atoms with van der Waals surface area (Å²) >= 11 is 1.53. The highest BCUT2D eigenvalue weighted by Crippen LogP contribution is 2.30. The second-order valence-electron chi connectivity index (χ2n) is 5.61. The largest absolute Gasteiger partial charge is 0.456 e. The van der Waals surface area contributed by atoms with E-state index < -0.39 is 10.0 Å². The summed E-state index contributed by atoms with van der Waals surface area (Å²) in [5, 5.41) is 3.65. The number of hydrogen-bond acceptors (Lipinski definition) is 4. The van der Waals surface area contributed by atoms with Crippen molar-refractivity contribution in [1.29, 1.82) is 0 Å². The van der Waals surface area contributed by atoms with Crippen molar-refractivity contribution in [2.24, 2.45) is 0 Å². The van der Waals surface area contributed by atoms with Gasteiger partial charge in [0.25, 0.3) is 0 Å². The van der Waals surface area contributed by atoms with Crippen LogP contribution >= 0.6 is 11.3 Å². The summed E-state index contributed by atoms with van der Waals surface area (Å²) in [5.74, 6) is 0. The first-order valence-corrected chi connectivity index (χ1v) is 9.88. The predicted molar refractivity (Wildman–Crippen MR) is 96.8 cm³/mol. The normalized spacial score (nSPS) is 13.5. The monoisotopic (exact) mass is 357 g/mol. The highest BCUT2D eigenvalue weighted by atomic mass is 32.2. The van der Waals surface area contributed by atoms with E-state index >= 15 is 0 Å². The molecule has 0 aliphatic carbocycles. The number of thiophene rings is 1. The van der Waals surface area contributed by atoms with Gasteiger partial charge in [-0.25, -0.2) is 13.1 Å². The number of benzene rings is 2. The lowest BCUT2D eigenvalue weighted by Crippen LogP contribution is -2.26. The maximum atomic E-state index is 12.7. The summed E-state index contributed by atoms with van der Waals surface area (Å²) in [7, 11) is -3.61. The molecule has 0 saturated heterocycles. The lowest BCUT2D eigenvalue weighted by molar-refractivity contribution is 0.568. The molecular formula is C18H15NO3S2. The van der Waals surface area contributed by atoms with E-state index in [1.165, 1.54) is 11.3 Å². The molecule has 0 aliphatic heterocycles. The minimum absolute atomic E-state index is 0.241. The Labute approximate surface area is 143 Å². The van der Waals surface area contributed by atoms with Crippen molar-refractivity contribution in [2.45, 2.75) is 17.9 Å². The van der Waals surface area contributed by atoms with Gasteiger partial charge in [0.15, 0.2) is 0 Å². The van der Waals surface area contributed by atoms with Crippen molar-refractivity contribution < 1.29 is 12.8 Å². The van der Waals surface area contributed by atoms with Crippen molar-refractivity contribution in [1.82, 2.24) is 4.72 Å². The predicted octanol–water partition coefficient (Wildman–Crippen LogP) is 4.69. The SMILES string of the molecule is CC(NS(=O)(=O)c1ccc2oc3ccccc3c2c1)c1cccs1. The summed E-state index contributed by atoms with van der Waals surface area (Å²) in [4.78, 5) is 1.22. The summed E-state index contributed by atoms with van der Waals surface area (Å²) in [6.45, 7) is 1.84. The van der Waals surface area contributed by atoms with Gasteiger partial charge >= 0.3 is 0 Å². The van der Waals surface area contributed by atoms with Crippen LogP contribution < -0.4 is 4.72 Å². The summed E-state index contributed by atoms with van der Waals surface area (Å²) < 4.78 is 33.9. The molecule has 0 amide bonds. The molecule has 2 heterocycles. The van der Waals surface area contributed by atoms with Gasteiger partial charge in [0.1, 0.15) is 11.2 Å². The molecule has 0 saturated carbocycles. The van der Waals surface area contributed by atoms with Gasteiger partial charge in [0.05, 0.1) is 10.9 Å². The van der Waals surface area contributed by atoms with Crippen LogP contribution in [0.1, 0.15) is 17.8 Å². The molecule has 0 bridgehead atoms. The second-order valence-corrected chi connectivity index (χ2v) is 8.31. The van der Waals surface area contributed by atoms with Crippen LogP contribution in [-0.2, 0) is 10.0 Å². The van der Waals surface area contributed by atoms with Crippen molar-refractivity contribution in [3.8, 4) is 0 Å². The number of fused-ring (bicyclic) bond motifs is 3. The zero-order valence-corrected chi connectivity index (χ0v) is 14.5. The maximum Gasteiger partial charge on any atom is 0.241 e. The Morgan fingerprint density at radius 2 is 1.79 bits per heavy atom. The van der Waals surface area contributed by atoms with E-state index in [0.717, 1.165) is 21.2 Å². The Morgan fingerprint density at radius 3 is 2.58 bits per heavy atom. The van der Waals surface area contributed by atoms with E-state index in [1.807, 2.05) is 48.7 Å². The number of para-hydroxylation sites is 1. The molecule has 0 radical (unpaired) electrons. The van der Waals surface area contributed by atoms with Crippen molar-refractivity contribution in [3.63, 3.8) is 0 Å². The van der Waals surface area contributed by atoms with Gasteiger partial charge < -0.3 is 4.42 Å². The average Bonchev–Trinajstić information content (AvgIpc) is 3.21. The molecule has 1 N–H and O–H groups in total. The summed E-state index contributed by atoms with van der Waals surface area (Å²) in [5.41, 5.74) is 1.43. The van der Waals surface area contributed by atoms with Crippen molar-refractivity contribution in [2.75, 3.05) is 0 Å². The molecule has 24 heavy (non-hydrogen) atoms. The first-order valence-electron chi connectivity index (χ1n) is 7.52. The van der Waals surface area contributed by atoms with Crippen LogP contribution in [0.25, 0.3) is 21.9 Å². The molecule has 1 atom stereocenters. The Bertz CT molecular complexity index is 1110. The average molecular weight is 357 g/mol. The van der Waals surface area contributed by atoms with Crippen molar-refractivity contribution in [3.05, 3.63) is 64.9 Å². The van der Waals surface area contributed by atoms with E-state index in [0.29, 0.717) is 5.58 Å². The van der Waals surface area contributed by atoms with Crippen LogP contribution in [0.15, 0.2) is 69.3 Å². The molecule has 0 spiro atoms. The summed E-state index contributed by atoms with van der Waals surface area (Å²) in [6, 6.07) is 16.1. The minimum Gasteiger partial charge on any atom is -0.456 e. The van der Waals surface area contributed by atoms with Crippen LogP contribution in [0.5, 0.6) is 0 Å². The minimum atomic E-state index is -3.61. The van der Waals surface area contributed by atoms with Gasteiger partial charge in [0, 0.05) is 15.6 Å². The van der Waals surface area contributed by atoms with Crippen molar-refractivity contribution >= 4 is 43.3 Å². The molecule has 2 aromatic carbocycles. The number of nitrogens with one attached hydrogen (secondary N) is 1. The second kappa shape index (κ2) is 5.73. The summed E-state index contributed by atoms with van der Waals surface area (Å²) in [6.07, 6.45) is 0. The number of hydrogen-bond donors (Lipinski definition) is 1. The maximum absolute atomic E-state index is 12.7. The number of sulfonamides is 1. The first kappa shape index (κ1) is 15.4. The third kappa shape index (κ3) is 2.62. The Morgan fingerprint density at radius 1 is 1.00 bits per heavy atom. The molecule has 2 aromatic heterocycles. The molecule has 0 aliphatic rings. The molecule has 4 aromatic rings. The third-order valence-electron chi connectivity index (χ3n) is 3.96. The highest BCUT2D eigenvalue weighted by Gasteiger charge is 2.20. The van der Waals surface area contributed by atoms with Crippen LogP contribution in [0.3, 0.4) is 0 Å². The topological polar surface area (TPSA) is 59.3 Å². The fraction of sp³-hybridized carbons (Fsp3) is 0.111. The van der Waals surface area contributed by atoms with Gasteiger partial charge in [-0.15, -0.1) is 11.3 Å². The lowest BCUT2D eigenvalue weighted by Gasteiger charge is -2.12. The quantitative estimate of drug-likeness (QED) is 0.576. The molecule has 1 unspecified atom stereocenters. The lowest BCUT2D eigenvalue weighted by atomic mass is 10.1. The fourth-order valence-corrected chi connectivity index (χ4v) is 4.83. The fourth-order valence-electron chi connectivity index (χ4n) is 2.77. The Balaban J connectivity index is 1.76. The van der Waals surface area contributed by atoms with Gasteiger partial charge in [-0.3, -0.25) is 0 Å². The van der Waals surface area contributed by atoms with Crippen LogP contribution in [0.2, 0.25) is 0 Å². The zero-order chi connectivity index (χ0) is 16.7. The smallest absolute Gasteiger partial charge is 0.241 e. The van der Waals surface area contributed by atoms with Gasteiger partial charge in [-0.1, -0.05) is 24.3 Å². The van der Waals surface area contributed by atoms with Crippen LogP contribution in [0.4, 0.5) is 0 Å². The van der Waals surface area contributed by atoms with Gasteiger partial charge in [0.2, 0.25) is 10.0 Å². The van der Waals surface area contributed by atoms with Crippen LogP contribution in [0, 0.1) is 0 Å². The van der Waals surface area contributed by atoms with E-state index in [2.05, 4.69) is 4.72 Å². The molecular weight excluding hydrogens is 342 g/mol. The first-order chi connectivity index (χ1) is 11.5. The highest BCUT2D eigenvalue weighted by molar-refractivity contribution is 7.89. The van der Waals surface area contributed by atoms with E-state index in [4.69, 9.17) is 4.42 Å². The molecule has 4 rings (SSSR count). The molecule has 4 nitrogen and oxygen atoms in total. The van der Waals surface area contributed by atoms with Gasteiger partial charge in [-0.2, -0.15) is 0 Å². The molecule has 6 heteroatoms. The zero-order valence-electron chi connectivity index (χ0n) is 12.9. The Kier molecular flexibility index (Phi) is 3.68. The van der Waals surface area contributed by atoms with Crippen LogP contribution in [-0.4, -0.2) is 8.42 Å². The standard InChI is InChI=1S/C18H15NO3S2/c1-12(18-7-4-10-23-18)19-24(20,21)13-8-9-17-15(11-13)14-5-2-3-6-16(14)22-17/h2-12,19H,1H3. The molecule has 122 valence electrons. The number of furan rings is 1.